The second-order valence-corrected chi connectivity index (χ2v) is 10.2. The van der Waals surface area contributed by atoms with E-state index < -0.39 is 14.6 Å². The van der Waals surface area contributed by atoms with Crippen LogP contribution in [0.3, 0.4) is 0 Å². The van der Waals surface area contributed by atoms with Crippen LogP contribution in [0.25, 0.3) is 0 Å². The Morgan fingerprint density at radius 3 is 2.43 bits per heavy atom. The SMILES string of the molecule is Cc1nc(C(=O)NCC(C)(C)S(=O)(=O)c2ccc(Br)cc2)cs1. The molecule has 0 aliphatic rings. The molecule has 2 rings (SSSR count). The summed E-state index contributed by atoms with van der Waals surface area (Å²) >= 11 is 4.66. The molecule has 5 nitrogen and oxygen atoms in total. The average Bonchev–Trinajstić information content (AvgIpc) is 2.92. The lowest BCUT2D eigenvalue weighted by Gasteiger charge is -2.25. The number of hydrogen-bond donors (Lipinski definition) is 1. The number of rotatable bonds is 5. The van der Waals surface area contributed by atoms with Crippen LogP contribution in [0.2, 0.25) is 0 Å². The van der Waals surface area contributed by atoms with Gasteiger partial charge in [-0.05, 0) is 45.0 Å². The predicted molar refractivity (Wildman–Crippen MR) is 94.6 cm³/mol. The molecule has 2 aromatic rings. The second kappa shape index (κ2) is 6.70. The topological polar surface area (TPSA) is 76.1 Å². The highest BCUT2D eigenvalue weighted by atomic mass is 79.9. The number of nitrogens with zero attached hydrogens (tertiary/aromatic N) is 1. The van der Waals surface area contributed by atoms with Crippen molar-refractivity contribution in [1.82, 2.24) is 10.3 Å². The second-order valence-electron chi connectivity index (χ2n) is 5.65. The summed E-state index contributed by atoms with van der Waals surface area (Å²) in [5.74, 6) is -0.367. The third-order valence-corrected chi connectivity index (χ3v) is 7.17. The number of carbonyl (C=O) groups excluding carboxylic acids is 1. The minimum absolute atomic E-state index is 0.000798. The van der Waals surface area contributed by atoms with E-state index in [2.05, 4.69) is 26.2 Å². The first kappa shape index (κ1) is 18.1. The fraction of sp³-hybridized carbons (Fsp3) is 0.333. The zero-order chi connectivity index (χ0) is 17.3. The minimum Gasteiger partial charge on any atom is -0.349 e. The number of amides is 1. The highest BCUT2D eigenvalue weighted by Gasteiger charge is 2.36. The van der Waals surface area contributed by atoms with E-state index in [-0.39, 0.29) is 17.3 Å². The lowest BCUT2D eigenvalue weighted by atomic mass is 10.2. The van der Waals surface area contributed by atoms with Gasteiger partial charge in [0.2, 0.25) is 0 Å². The molecule has 1 N–H and O–H groups in total. The van der Waals surface area contributed by atoms with Crippen molar-refractivity contribution in [3.8, 4) is 0 Å². The van der Waals surface area contributed by atoms with E-state index in [9.17, 15) is 13.2 Å². The van der Waals surface area contributed by atoms with Crippen LogP contribution in [0.15, 0.2) is 39.0 Å². The molecule has 1 aromatic carbocycles. The largest absolute Gasteiger partial charge is 0.349 e. The molecule has 1 heterocycles. The number of benzene rings is 1. The average molecular weight is 417 g/mol. The van der Waals surface area contributed by atoms with Gasteiger partial charge in [0.05, 0.1) is 14.7 Å². The van der Waals surface area contributed by atoms with E-state index in [1.807, 2.05) is 6.92 Å². The summed E-state index contributed by atoms with van der Waals surface area (Å²) in [6, 6.07) is 6.46. The molecule has 1 amide bonds. The molecule has 0 fully saturated rings. The Balaban J connectivity index is 2.14. The lowest BCUT2D eigenvalue weighted by molar-refractivity contribution is 0.0946. The fourth-order valence-corrected chi connectivity index (χ4v) is 4.13. The van der Waals surface area contributed by atoms with Crippen molar-refractivity contribution in [2.75, 3.05) is 6.54 Å². The number of nitrogens with one attached hydrogen (secondary N) is 1. The third kappa shape index (κ3) is 3.99. The third-order valence-electron chi connectivity index (χ3n) is 3.38. The van der Waals surface area contributed by atoms with E-state index in [0.29, 0.717) is 5.69 Å². The molecule has 0 aliphatic heterocycles. The van der Waals surface area contributed by atoms with Crippen LogP contribution in [0.5, 0.6) is 0 Å². The van der Waals surface area contributed by atoms with E-state index in [1.54, 1.807) is 43.5 Å². The Morgan fingerprint density at radius 1 is 1.30 bits per heavy atom. The summed E-state index contributed by atoms with van der Waals surface area (Å²) in [4.78, 5) is 16.4. The van der Waals surface area contributed by atoms with Gasteiger partial charge in [0.25, 0.3) is 5.91 Å². The Labute approximate surface area is 148 Å². The zero-order valence-electron chi connectivity index (χ0n) is 13.0. The molecule has 0 unspecified atom stereocenters. The number of thiazole rings is 1. The number of carbonyl (C=O) groups is 1. The first-order valence-electron chi connectivity index (χ1n) is 6.84. The normalized spacial score (nSPS) is 12.2. The first-order valence-corrected chi connectivity index (χ1v) is 9.99. The Morgan fingerprint density at radius 2 is 1.91 bits per heavy atom. The Hall–Kier alpha value is -1.25. The van der Waals surface area contributed by atoms with Gasteiger partial charge in [0, 0.05) is 16.4 Å². The Bertz CT molecular complexity index is 812. The summed E-state index contributed by atoms with van der Waals surface area (Å²) in [5, 5.41) is 5.10. The van der Waals surface area contributed by atoms with Crippen LogP contribution in [0.1, 0.15) is 29.3 Å². The molecular weight excluding hydrogens is 400 g/mol. The maximum atomic E-state index is 12.7. The van der Waals surface area contributed by atoms with E-state index in [1.165, 1.54) is 11.3 Å². The summed E-state index contributed by atoms with van der Waals surface area (Å²) in [5.41, 5.74) is 0.310. The first-order chi connectivity index (χ1) is 10.6. The molecule has 1 aromatic heterocycles. The highest BCUT2D eigenvalue weighted by Crippen LogP contribution is 2.26. The van der Waals surface area contributed by atoms with Gasteiger partial charge in [0.1, 0.15) is 5.69 Å². The summed E-state index contributed by atoms with van der Waals surface area (Å²) < 4.78 is 25.1. The number of halogens is 1. The number of hydrogen-bond acceptors (Lipinski definition) is 5. The van der Waals surface area contributed by atoms with Crippen molar-refractivity contribution >= 4 is 43.0 Å². The van der Waals surface area contributed by atoms with Gasteiger partial charge in [-0.2, -0.15) is 0 Å². The molecule has 0 spiro atoms. The van der Waals surface area contributed by atoms with Crippen molar-refractivity contribution in [3.05, 3.63) is 44.8 Å². The zero-order valence-corrected chi connectivity index (χ0v) is 16.2. The maximum Gasteiger partial charge on any atom is 0.270 e. The monoisotopic (exact) mass is 416 g/mol. The van der Waals surface area contributed by atoms with Crippen molar-refractivity contribution in [2.45, 2.75) is 30.4 Å². The smallest absolute Gasteiger partial charge is 0.270 e. The van der Waals surface area contributed by atoms with Gasteiger partial charge in [-0.15, -0.1) is 11.3 Å². The van der Waals surface area contributed by atoms with Crippen LogP contribution in [-0.4, -0.2) is 30.6 Å². The molecular formula is C15H17BrN2O3S2. The molecule has 0 aliphatic carbocycles. The highest BCUT2D eigenvalue weighted by molar-refractivity contribution is 9.10. The molecule has 0 saturated heterocycles. The van der Waals surface area contributed by atoms with Crippen LogP contribution in [0.4, 0.5) is 0 Å². The van der Waals surface area contributed by atoms with Gasteiger partial charge < -0.3 is 5.32 Å². The van der Waals surface area contributed by atoms with Crippen molar-refractivity contribution in [3.63, 3.8) is 0 Å². The van der Waals surface area contributed by atoms with Crippen molar-refractivity contribution in [2.24, 2.45) is 0 Å². The predicted octanol–water partition coefficient (Wildman–Crippen LogP) is 3.20. The number of sulfone groups is 1. The van der Waals surface area contributed by atoms with E-state index in [4.69, 9.17) is 0 Å². The molecule has 0 radical (unpaired) electrons. The lowest BCUT2D eigenvalue weighted by Crippen LogP contribution is -2.44. The van der Waals surface area contributed by atoms with Crippen LogP contribution in [0, 0.1) is 6.92 Å². The summed E-state index contributed by atoms with van der Waals surface area (Å²) in [6.07, 6.45) is 0. The van der Waals surface area contributed by atoms with E-state index in [0.717, 1.165) is 9.48 Å². The minimum atomic E-state index is -3.58. The molecule has 8 heteroatoms. The summed E-state index contributed by atoms with van der Waals surface area (Å²) in [7, 11) is -3.58. The molecule has 0 saturated carbocycles. The standard InChI is InChI=1S/C15H17BrN2O3S2/c1-10-18-13(8-22-10)14(19)17-9-15(2,3)23(20,21)12-6-4-11(16)5-7-12/h4-8H,9H2,1-3H3,(H,17,19). The van der Waals surface area contributed by atoms with Gasteiger partial charge >= 0.3 is 0 Å². The maximum absolute atomic E-state index is 12.7. The molecule has 124 valence electrons. The van der Waals surface area contributed by atoms with Gasteiger partial charge in [-0.25, -0.2) is 13.4 Å². The fourth-order valence-electron chi connectivity index (χ4n) is 1.88. The van der Waals surface area contributed by atoms with Gasteiger partial charge in [-0.3, -0.25) is 4.79 Å². The van der Waals surface area contributed by atoms with Gasteiger partial charge in [-0.1, -0.05) is 15.9 Å². The van der Waals surface area contributed by atoms with Crippen LogP contribution >= 0.6 is 27.3 Å². The van der Waals surface area contributed by atoms with Crippen molar-refractivity contribution in [1.29, 1.82) is 0 Å². The number of aromatic nitrogens is 1. The molecule has 23 heavy (non-hydrogen) atoms. The van der Waals surface area contributed by atoms with Crippen LogP contribution < -0.4 is 5.32 Å². The van der Waals surface area contributed by atoms with Crippen molar-refractivity contribution < 1.29 is 13.2 Å². The summed E-state index contributed by atoms with van der Waals surface area (Å²) in [6.45, 7) is 5.00. The molecule has 0 bridgehead atoms. The van der Waals surface area contributed by atoms with Gasteiger partial charge in [0.15, 0.2) is 9.84 Å². The number of aryl methyl sites for hydroxylation is 1. The Kier molecular flexibility index (Phi) is 5.27. The quantitative estimate of drug-likeness (QED) is 0.811. The molecule has 0 atom stereocenters. The van der Waals surface area contributed by atoms with E-state index >= 15 is 0 Å². The van der Waals surface area contributed by atoms with Crippen LogP contribution in [-0.2, 0) is 9.84 Å².